The zero-order chi connectivity index (χ0) is 17.7. The topological polar surface area (TPSA) is 62.6 Å². The Balaban J connectivity index is 1.55. The number of hydrogen-bond acceptors (Lipinski definition) is 4. The molecule has 1 aliphatic heterocycles. The zero-order valence-corrected chi connectivity index (χ0v) is 13.6. The number of nitrogens with zero attached hydrogens (tertiary/aromatic N) is 5. The van der Waals surface area contributed by atoms with Gasteiger partial charge in [0.1, 0.15) is 17.7 Å². The van der Waals surface area contributed by atoms with Crippen LogP contribution in [-0.2, 0) is 0 Å². The molecule has 0 spiro atoms. The van der Waals surface area contributed by atoms with Crippen molar-refractivity contribution in [1.82, 2.24) is 25.0 Å². The van der Waals surface area contributed by atoms with Crippen LogP contribution in [0.3, 0.4) is 0 Å². The van der Waals surface area contributed by atoms with Crippen molar-refractivity contribution in [3.63, 3.8) is 0 Å². The highest BCUT2D eigenvalue weighted by molar-refractivity contribution is 5.80. The maximum Gasteiger partial charge on any atom is 0.181 e. The molecule has 1 aliphatic rings. The van der Waals surface area contributed by atoms with Gasteiger partial charge < -0.3 is 4.90 Å². The zero-order valence-electron chi connectivity index (χ0n) is 13.6. The number of aromatic amines is 1. The van der Waals surface area contributed by atoms with Gasteiger partial charge in [0, 0.05) is 40.8 Å². The largest absolute Gasteiger partial charge is 0.365 e. The summed E-state index contributed by atoms with van der Waals surface area (Å²) in [7, 11) is 0. The van der Waals surface area contributed by atoms with E-state index in [9.17, 15) is 8.78 Å². The molecule has 0 saturated carbocycles. The molecule has 0 unspecified atom stereocenters. The highest BCUT2D eigenvalue weighted by atomic mass is 19.1. The molecule has 0 amide bonds. The normalized spacial score (nSPS) is 14.8. The van der Waals surface area contributed by atoms with Gasteiger partial charge >= 0.3 is 0 Å². The van der Waals surface area contributed by atoms with Crippen LogP contribution in [0.5, 0.6) is 0 Å². The van der Waals surface area contributed by atoms with Crippen LogP contribution in [0.15, 0.2) is 49.1 Å². The number of anilines is 1. The second kappa shape index (κ2) is 5.62. The summed E-state index contributed by atoms with van der Waals surface area (Å²) in [4.78, 5) is 6.22. The van der Waals surface area contributed by atoms with Gasteiger partial charge in [0.2, 0.25) is 0 Å². The average molecular weight is 352 g/mol. The predicted octanol–water partition coefficient (Wildman–Crippen LogP) is 3.11. The van der Waals surface area contributed by atoms with Crippen LogP contribution < -0.4 is 4.90 Å². The molecule has 4 aromatic rings. The Hall–Kier alpha value is -3.29. The molecule has 0 radical (unpaired) electrons. The van der Waals surface area contributed by atoms with E-state index in [1.54, 1.807) is 36.9 Å². The monoisotopic (exact) mass is 352 g/mol. The van der Waals surface area contributed by atoms with E-state index in [0.29, 0.717) is 24.4 Å². The van der Waals surface area contributed by atoms with Crippen molar-refractivity contribution in [3.8, 4) is 16.8 Å². The Bertz CT molecular complexity index is 1080. The van der Waals surface area contributed by atoms with Crippen molar-refractivity contribution in [3.05, 3.63) is 54.9 Å². The molecule has 130 valence electrons. The second-order valence-electron chi connectivity index (χ2n) is 6.34. The van der Waals surface area contributed by atoms with E-state index >= 15 is 0 Å². The van der Waals surface area contributed by atoms with Gasteiger partial charge in [-0.25, -0.2) is 18.4 Å². The molecule has 26 heavy (non-hydrogen) atoms. The Morgan fingerprint density at radius 3 is 2.77 bits per heavy atom. The molecule has 1 fully saturated rings. The van der Waals surface area contributed by atoms with Crippen molar-refractivity contribution in [2.75, 3.05) is 18.0 Å². The third-order valence-electron chi connectivity index (χ3n) is 4.57. The molecule has 6 nitrogen and oxygen atoms in total. The molecule has 3 aromatic heterocycles. The molecular weight excluding hydrogens is 338 g/mol. The molecule has 4 heterocycles. The van der Waals surface area contributed by atoms with E-state index in [-0.39, 0.29) is 0 Å². The summed E-state index contributed by atoms with van der Waals surface area (Å²) in [5.41, 5.74) is 3.43. The molecule has 5 rings (SSSR count). The van der Waals surface area contributed by atoms with Crippen molar-refractivity contribution in [1.29, 1.82) is 0 Å². The second-order valence-corrected chi connectivity index (χ2v) is 6.34. The van der Waals surface area contributed by atoms with Crippen molar-refractivity contribution < 1.29 is 8.78 Å². The van der Waals surface area contributed by atoms with Crippen LogP contribution in [0.4, 0.5) is 14.5 Å². The van der Waals surface area contributed by atoms with E-state index in [4.69, 9.17) is 0 Å². The number of aromatic nitrogens is 5. The fraction of sp³-hybridized carbons (Fsp3) is 0.167. The number of H-pyrrole nitrogens is 1. The average Bonchev–Trinajstić information content (AvgIpc) is 3.28. The fourth-order valence-corrected chi connectivity index (χ4v) is 3.11. The molecule has 0 aliphatic carbocycles. The summed E-state index contributed by atoms with van der Waals surface area (Å²) in [6.07, 6.45) is 6.12. The number of pyridine rings is 1. The smallest absolute Gasteiger partial charge is 0.181 e. The molecule has 1 saturated heterocycles. The summed E-state index contributed by atoms with van der Waals surface area (Å²) in [5, 5.41) is 11.9. The van der Waals surface area contributed by atoms with Gasteiger partial charge in [-0.05, 0) is 24.3 Å². The Labute approximate surface area is 147 Å². The Kier molecular flexibility index (Phi) is 3.24. The summed E-state index contributed by atoms with van der Waals surface area (Å²) < 4.78 is 28.9. The number of fused-ring (bicyclic) bond motifs is 1. The molecular formula is C18H14F2N6. The first-order chi connectivity index (χ1) is 12.7. The lowest BCUT2D eigenvalue weighted by Crippen LogP contribution is -2.48. The number of benzene rings is 1. The van der Waals surface area contributed by atoms with Gasteiger partial charge in [-0.15, -0.1) is 5.10 Å². The molecule has 8 heteroatoms. The summed E-state index contributed by atoms with van der Waals surface area (Å²) in [6, 6.07) is 6.65. The third-order valence-corrected chi connectivity index (χ3v) is 4.57. The standard InChI is InChI=1S/C18H14F2N6/c19-14-9-25(10-14)15-1-2-16(20)17(4-15)26-8-12-3-11(5-21-18(12)24-26)13-6-22-23-7-13/h1-8,14H,9-10H2,(H,22,23). The fourth-order valence-electron chi connectivity index (χ4n) is 3.11. The van der Waals surface area contributed by atoms with Gasteiger partial charge in [0.15, 0.2) is 5.65 Å². The van der Waals surface area contributed by atoms with E-state index in [0.717, 1.165) is 22.2 Å². The summed E-state index contributed by atoms with van der Waals surface area (Å²) >= 11 is 0. The number of alkyl halides is 1. The van der Waals surface area contributed by atoms with Crippen LogP contribution >= 0.6 is 0 Å². The molecule has 1 aromatic carbocycles. The van der Waals surface area contributed by atoms with E-state index in [1.807, 2.05) is 11.0 Å². The Morgan fingerprint density at radius 2 is 2.00 bits per heavy atom. The lowest BCUT2D eigenvalue weighted by Gasteiger charge is -2.36. The quantitative estimate of drug-likeness (QED) is 0.615. The van der Waals surface area contributed by atoms with E-state index in [1.165, 1.54) is 10.7 Å². The molecule has 1 N–H and O–H groups in total. The minimum absolute atomic E-state index is 0.313. The number of rotatable bonds is 3. The highest BCUT2D eigenvalue weighted by Gasteiger charge is 2.27. The van der Waals surface area contributed by atoms with Gasteiger partial charge in [0.05, 0.1) is 19.3 Å². The molecule has 0 bridgehead atoms. The van der Waals surface area contributed by atoms with Gasteiger partial charge in [-0.3, -0.25) is 5.10 Å². The third kappa shape index (κ3) is 2.42. The first-order valence-corrected chi connectivity index (χ1v) is 8.21. The summed E-state index contributed by atoms with van der Waals surface area (Å²) in [5.74, 6) is -0.395. The van der Waals surface area contributed by atoms with Gasteiger partial charge in [-0.2, -0.15) is 5.10 Å². The van der Waals surface area contributed by atoms with Crippen molar-refractivity contribution in [2.45, 2.75) is 6.17 Å². The first kappa shape index (κ1) is 15.0. The molecule has 0 atom stereocenters. The highest BCUT2D eigenvalue weighted by Crippen LogP contribution is 2.28. The lowest BCUT2D eigenvalue weighted by atomic mass is 10.1. The number of hydrogen-bond donors (Lipinski definition) is 1. The van der Waals surface area contributed by atoms with E-state index in [2.05, 4.69) is 20.3 Å². The van der Waals surface area contributed by atoms with Gasteiger partial charge in [-0.1, -0.05) is 0 Å². The van der Waals surface area contributed by atoms with Gasteiger partial charge in [0.25, 0.3) is 0 Å². The van der Waals surface area contributed by atoms with Crippen LogP contribution in [-0.4, -0.2) is 44.2 Å². The number of nitrogens with one attached hydrogen (secondary N) is 1. The summed E-state index contributed by atoms with van der Waals surface area (Å²) in [6.45, 7) is 0.670. The van der Waals surface area contributed by atoms with Crippen LogP contribution in [0.1, 0.15) is 0 Å². The minimum Gasteiger partial charge on any atom is -0.365 e. The Morgan fingerprint density at radius 1 is 1.12 bits per heavy atom. The number of halogens is 2. The SMILES string of the molecule is Fc1ccc(N2CC(F)C2)cc1-n1cc2cc(-c3cn[nH]c3)cnc2n1. The van der Waals surface area contributed by atoms with Crippen LogP contribution in [0, 0.1) is 5.82 Å². The minimum atomic E-state index is -0.818. The predicted molar refractivity (Wildman–Crippen MR) is 93.5 cm³/mol. The van der Waals surface area contributed by atoms with Crippen molar-refractivity contribution in [2.24, 2.45) is 0 Å². The lowest BCUT2D eigenvalue weighted by molar-refractivity contribution is 0.275. The maximum absolute atomic E-state index is 14.4. The van der Waals surface area contributed by atoms with Crippen LogP contribution in [0.2, 0.25) is 0 Å². The first-order valence-electron chi connectivity index (χ1n) is 8.21. The maximum atomic E-state index is 14.4. The van der Waals surface area contributed by atoms with Crippen molar-refractivity contribution >= 4 is 16.7 Å². The van der Waals surface area contributed by atoms with E-state index < -0.39 is 12.0 Å². The van der Waals surface area contributed by atoms with Crippen LogP contribution in [0.25, 0.3) is 27.8 Å².